The molecular formula is C21H24ClFN6O2. The van der Waals surface area contributed by atoms with Crippen molar-refractivity contribution in [1.29, 1.82) is 0 Å². The van der Waals surface area contributed by atoms with Gasteiger partial charge in [0.2, 0.25) is 11.8 Å². The van der Waals surface area contributed by atoms with E-state index >= 15 is 0 Å². The number of rotatable bonds is 4. The Balaban J connectivity index is 1.57. The molecule has 2 atom stereocenters. The fourth-order valence-corrected chi connectivity index (χ4v) is 4.73. The highest BCUT2D eigenvalue weighted by molar-refractivity contribution is 6.32. The molecule has 4 rings (SSSR count). The van der Waals surface area contributed by atoms with Crippen LogP contribution in [0, 0.1) is 24.6 Å². The molecule has 31 heavy (non-hydrogen) atoms. The monoisotopic (exact) mass is 446 g/mol. The van der Waals surface area contributed by atoms with Gasteiger partial charge < -0.3 is 15.1 Å². The second-order valence-electron chi connectivity index (χ2n) is 8.41. The Morgan fingerprint density at radius 2 is 2.03 bits per heavy atom. The third kappa shape index (κ3) is 4.56. The van der Waals surface area contributed by atoms with Gasteiger partial charge in [-0.1, -0.05) is 25.4 Å². The number of nitrogens with one attached hydrogen (secondary N) is 2. The van der Waals surface area contributed by atoms with E-state index in [1.54, 1.807) is 25.1 Å². The zero-order valence-electron chi connectivity index (χ0n) is 17.5. The summed E-state index contributed by atoms with van der Waals surface area (Å²) in [6, 6.07) is 4.51. The largest absolute Gasteiger partial charge is 0.423 e. The first-order chi connectivity index (χ1) is 14.7. The molecule has 1 aliphatic rings. The van der Waals surface area contributed by atoms with Crippen molar-refractivity contribution in [3.8, 4) is 5.69 Å². The van der Waals surface area contributed by atoms with Gasteiger partial charge in [-0.15, -0.1) is 10.2 Å². The van der Waals surface area contributed by atoms with Crippen LogP contribution in [0.3, 0.4) is 0 Å². The molecule has 0 saturated heterocycles. The fraction of sp³-hybridized carbons (Fsp3) is 0.429. The first-order valence-corrected chi connectivity index (χ1v) is 10.5. The number of aromatic nitrogens is 4. The Bertz CT molecular complexity index is 1090. The Hall–Kier alpha value is -2.94. The highest BCUT2D eigenvalue weighted by atomic mass is 35.5. The number of anilines is 1. The minimum atomic E-state index is -0.747. The van der Waals surface area contributed by atoms with Crippen LogP contribution in [0.5, 0.6) is 0 Å². The van der Waals surface area contributed by atoms with Gasteiger partial charge in [0.1, 0.15) is 5.54 Å². The van der Waals surface area contributed by atoms with E-state index in [0.717, 1.165) is 12.6 Å². The number of aryl methyl sites for hydroxylation is 1. The molecule has 2 amide bonds. The first kappa shape index (κ1) is 21.3. The number of urea groups is 1. The van der Waals surface area contributed by atoms with Gasteiger partial charge in [-0.05, 0) is 49.3 Å². The highest BCUT2D eigenvalue weighted by Gasteiger charge is 2.44. The average Bonchev–Trinajstić information content (AvgIpc) is 3.31. The van der Waals surface area contributed by atoms with Crippen molar-refractivity contribution in [1.82, 2.24) is 25.3 Å². The number of carbonyl (C=O) groups is 1. The second kappa shape index (κ2) is 8.30. The van der Waals surface area contributed by atoms with Gasteiger partial charge in [0, 0.05) is 12.6 Å². The van der Waals surface area contributed by atoms with E-state index in [1.165, 1.54) is 10.9 Å². The van der Waals surface area contributed by atoms with Crippen LogP contribution >= 0.6 is 11.6 Å². The summed E-state index contributed by atoms with van der Waals surface area (Å²) < 4.78 is 20.4. The predicted molar refractivity (Wildman–Crippen MR) is 114 cm³/mol. The van der Waals surface area contributed by atoms with Crippen molar-refractivity contribution in [2.75, 3.05) is 5.32 Å². The van der Waals surface area contributed by atoms with Crippen molar-refractivity contribution < 1.29 is 13.6 Å². The third-order valence-corrected chi connectivity index (χ3v) is 5.81. The predicted octanol–water partition coefficient (Wildman–Crippen LogP) is 4.83. The van der Waals surface area contributed by atoms with E-state index in [-0.39, 0.29) is 0 Å². The maximum absolute atomic E-state index is 13.4. The first-order valence-electron chi connectivity index (χ1n) is 10.1. The molecule has 1 saturated carbocycles. The number of hydrogen-bond donors (Lipinski definition) is 2. The minimum Gasteiger partial charge on any atom is -0.423 e. The van der Waals surface area contributed by atoms with E-state index in [2.05, 4.69) is 39.8 Å². The molecule has 2 heterocycles. The summed E-state index contributed by atoms with van der Waals surface area (Å²) in [5, 5.41) is 18.4. The standard InChI is InChI=1S/C21H24ClFN6O2/c1-12-6-13(2)9-21(8-12,19-28-27-14(3)31-19)26-20(30)25-16-4-5-17(22)18(7-16)29-11-15(23)10-24-29/h4-5,7,10-13H,6,8-9H2,1-3H3,(H2,25,26,30)/t12-,13-/m1/s1. The van der Waals surface area contributed by atoms with Crippen LogP contribution in [0.1, 0.15) is 44.9 Å². The quantitative estimate of drug-likeness (QED) is 0.598. The third-order valence-electron chi connectivity index (χ3n) is 5.49. The highest BCUT2D eigenvalue weighted by Crippen LogP contribution is 2.42. The molecule has 2 aromatic heterocycles. The number of amides is 2. The summed E-state index contributed by atoms with van der Waals surface area (Å²) in [5.74, 6) is 1.16. The zero-order chi connectivity index (χ0) is 22.2. The van der Waals surface area contributed by atoms with Crippen LogP contribution in [0.2, 0.25) is 5.02 Å². The summed E-state index contributed by atoms with van der Waals surface area (Å²) in [6.07, 6.45) is 4.77. The zero-order valence-corrected chi connectivity index (χ0v) is 18.3. The molecule has 3 aromatic rings. The van der Waals surface area contributed by atoms with Gasteiger partial charge >= 0.3 is 6.03 Å². The van der Waals surface area contributed by atoms with E-state index in [1.807, 2.05) is 0 Å². The Labute approximate surface area is 184 Å². The number of hydrogen-bond acceptors (Lipinski definition) is 5. The fourth-order valence-electron chi connectivity index (χ4n) is 4.52. The lowest BCUT2D eigenvalue weighted by molar-refractivity contribution is 0.122. The normalized spacial score (nSPS) is 23.5. The maximum Gasteiger partial charge on any atom is 0.320 e. The summed E-state index contributed by atoms with van der Waals surface area (Å²) in [7, 11) is 0. The van der Waals surface area contributed by atoms with Crippen LogP contribution in [0.15, 0.2) is 35.0 Å². The van der Waals surface area contributed by atoms with Crippen LogP contribution in [-0.4, -0.2) is 26.0 Å². The van der Waals surface area contributed by atoms with Gasteiger partial charge in [-0.3, -0.25) is 0 Å². The molecule has 0 aliphatic heterocycles. The molecule has 0 bridgehead atoms. The van der Waals surface area contributed by atoms with E-state index in [0.29, 0.717) is 52.9 Å². The molecular weight excluding hydrogens is 423 g/mol. The minimum absolute atomic E-state index is 0.377. The van der Waals surface area contributed by atoms with Crippen molar-refractivity contribution in [2.24, 2.45) is 11.8 Å². The lowest BCUT2D eigenvalue weighted by Crippen LogP contribution is -2.51. The van der Waals surface area contributed by atoms with Gasteiger partial charge in [-0.25, -0.2) is 13.9 Å². The molecule has 164 valence electrons. The van der Waals surface area contributed by atoms with Gasteiger partial charge in [0.05, 0.1) is 23.1 Å². The number of carbonyl (C=O) groups excluding carboxylic acids is 1. The lowest BCUT2D eigenvalue weighted by Gasteiger charge is -2.40. The molecule has 10 heteroatoms. The lowest BCUT2D eigenvalue weighted by atomic mass is 9.71. The number of benzene rings is 1. The van der Waals surface area contributed by atoms with Crippen molar-refractivity contribution in [3.63, 3.8) is 0 Å². The number of nitrogens with zero attached hydrogens (tertiary/aromatic N) is 4. The van der Waals surface area contributed by atoms with Crippen molar-refractivity contribution >= 4 is 23.3 Å². The second-order valence-corrected chi connectivity index (χ2v) is 8.82. The van der Waals surface area contributed by atoms with Gasteiger partial charge in [0.25, 0.3) is 0 Å². The molecule has 1 aliphatic carbocycles. The summed E-state index contributed by atoms with van der Waals surface area (Å²) >= 11 is 6.23. The van der Waals surface area contributed by atoms with Gasteiger partial charge in [-0.2, -0.15) is 5.10 Å². The molecule has 8 nitrogen and oxygen atoms in total. The smallest absolute Gasteiger partial charge is 0.320 e. The molecule has 1 aromatic carbocycles. The van der Waals surface area contributed by atoms with E-state index < -0.39 is 17.4 Å². The number of halogens is 2. The summed E-state index contributed by atoms with van der Waals surface area (Å²) in [5.41, 5.74) is 0.190. The Morgan fingerprint density at radius 3 is 2.65 bits per heavy atom. The Kier molecular flexibility index (Phi) is 5.70. The van der Waals surface area contributed by atoms with Crippen molar-refractivity contribution in [2.45, 2.75) is 45.6 Å². The molecule has 0 spiro atoms. The average molecular weight is 447 g/mol. The van der Waals surface area contributed by atoms with Crippen LogP contribution in [0.25, 0.3) is 5.69 Å². The van der Waals surface area contributed by atoms with E-state index in [4.69, 9.17) is 16.0 Å². The SMILES string of the molecule is Cc1nnc(C2(NC(=O)Nc3ccc(Cl)c(-n4cc(F)cn4)c3)C[C@H](C)C[C@@H](C)C2)o1. The molecule has 0 radical (unpaired) electrons. The van der Waals surface area contributed by atoms with Gasteiger partial charge in [0.15, 0.2) is 5.82 Å². The molecule has 2 N–H and O–H groups in total. The van der Waals surface area contributed by atoms with Crippen LogP contribution in [-0.2, 0) is 5.54 Å². The van der Waals surface area contributed by atoms with E-state index in [9.17, 15) is 9.18 Å². The van der Waals surface area contributed by atoms with Crippen LogP contribution < -0.4 is 10.6 Å². The van der Waals surface area contributed by atoms with Crippen LogP contribution in [0.4, 0.5) is 14.9 Å². The summed E-state index contributed by atoms with van der Waals surface area (Å²) in [6.45, 7) is 6.04. The molecule has 1 fully saturated rings. The Morgan fingerprint density at radius 1 is 1.29 bits per heavy atom. The van der Waals surface area contributed by atoms with Crippen molar-refractivity contribution in [3.05, 3.63) is 53.2 Å². The summed E-state index contributed by atoms with van der Waals surface area (Å²) in [4.78, 5) is 13.0. The molecule has 0 unspecified atom stereocenters. The maximum atomic E-state index is 13.4. The topological polar surface area (TPSA) is 97.9 Å².